The monoisotopic (exact) mass is 373 g/mol. The molecule has 120 valence electrons. The molecule has 0 aliphatic heterocycles. The topological polar surface area (TPSA) is 83.5 Å². The zero-order chi connectivity index (χ0) is 16.2. The molecule has 1 heterocycles. The van der Waals surface area contributed by atoms with Crippen LogP contribution in [-0.4, -0.2) is 25.5 Å². The maximum Gasteiger partial charge on any atom is 0.306 e. The van der Waals surface area contributed by atoms with Crippen LogP contribution in [0.1, 0.15) is 33.1 Å². The molecular formula is C12H17Cl2NO4S2. The number of halogens is 2. The fourth-order valence-corrected chi connectivity index (χ4v) is 5.18. The number of aliphatic carboxylic acids is 1. The highest BCUT2D eigenvalue weighted by molar-refractivity contribution is 7.89. The first kappa shape index (κ1) is 18.7. The van der Waals surface area contributed by atoms with Crippen molar-refractivity contribution >= 4 is 50.5 Å². The van der Waals surface area contributed by atoms with Gasteiger partial charge in [0.25, 0.3) is 0 Å². The van der Waals surface area contributed by atoms with Gasteiger partial charge in [-0.2, -0.15) is 0 Å². The molecule has 2 N–H and O–H groups in total. The number of hydrogen-bond donors (Lipinski definition) is 2. The Kier molecular flexibility index (Phi) is 6.93. The van der Waals surface area contributed by atoms with Crippen LogP contribution in [0.15, 0.2) is 11.0 Å². The zero-order valence-corrected chi connectivity index (χ0v) is 14.7. The second kappa shape index (κ2) is 7.78. The number of carboxylic acids is 1. The summed E-state index contributed by atoms with van der Waals surface area (Å²) >= 11 is 12.6. The van der Waals surface area contributed by atoms with Crippen LogP contribution in [0.2, 0.25) is 8.67 Å². The highest BCUT2D eigenvalue weighted by Crippen LogP contribution is 2.34. The number of thiophene rings is 1. The van der Waals surface area contributed by atoms with Gasteiger partial charge in [0.2, 0.25) is 10.0 Å². The van der Waals surface area contributed by atoms with Crippen LogP contribution in [0.4, 0.5) is 0 Å². The molecule has 0 amide bonds. The Bertz CT molecular complexity index is 600. The van der Waals surface area contributed by atoms with E-state index in [1.54, 1.807) is 13.8 Å². The summed E-state index contributed by atoms with van der Waals surface area (Å²) in [5.74, 6) is -1.28. The molecular weight excluding hydrogens is 357 g/mol. The molecule has 0 bridgehead atoms. The number of rotatable bonds is 8. The van der Waals surface area contributed by atoms with Gasteiger partial charge in [0.05, 0.1) is 10.3 Å². The average Bonchev–Trinajstić information content (AvgIpc) is 2.68. The van der Waals surface area contributed by atoms with E-state index in [0.29, 0.717) is 23.6 Å². The van der Waals surface area contributed by atoms with Crippen LogP contribution in [0.3, 0.4) is 0 Å². The van der Waals surface area contributed by atoms with E-state index in [1.807, 2.05) is 0 Å². The van der Waals surface area contributed by atoms with Gasteiger partial charge in [-0.3, -0.25) is 4.79 Å². The molecule has 2 unspecified atom stereocenters. The molecule has 0 spiro atoms. The number of nitrogens with one attached hydrogen (secondary N) is 1. The van der Waals surface area contributed by atoms with Crippen molar-refractivity contribution in [3.05, 3.63) is 14.7 Å². The Labute approximate surface area is 138 Å². The largest absolute Gasteiger partial charge is 0.481 e. The van der Waals surface area contributed by atoms with Crippen molar-refractivity contribution in [1.29, 1.82) is 0 Å². The average molecular weight is 374 g/mol. The fourth-order valence-electron chi connectivity index (χ4n) is 1.75. The quantitative estimate of drug-likeness (QED) is 0.728. The molecule has 2 atom stereocenters. The number of hydrogen-bond acceptors (Lipinski definition) is 4. The van der Waals surface area contributed by atoms with E-state index in [2.05, 4.69) is 4.72 Å². The zero-order valence-electron chi connectivity index (χ0n) is 11.6. The summed E-state index contributed by atoms with van der Waals surface area (Å²) < 4.78 is 27.2. The standard InChI is InChI=1S/C12H17Cl2NO4S2/c1-7(12(16)17)4-3-5-8(2)15-21(18,19)9-6-10(13)20-11(9)14/h6-8,15H,3-5H2,1-2H3,(H,16,17). The summed E-state index contributed by atoms with van der Waals surface area (Å²) in [7, 11) is -3.71. The molecule has 5 nitrogen and oxygen atoms in total. The van der Waals surface area contributed by atoms with Crippen LogP contribution in [0.5, 0.6) is 0 Å². The molecule has 0 aromatic carbocycles. The number of carbonyl (C=O) groups is 1. The Morgan fingerprint density at radius 1 is 1.38 bits per heavy atom. The summed E-state index contributed by atoms with van der Waals surface area (Å²) in [5.41, 5.74) is 0. The molecule has 9 heteroatoms. The maximum atomic E-state index is 12.1. The SMILES string of the molecule is CC(CCCC(C)C(=O)O)NS(=O)(=O)c1cc(Cl)sc1Cl. The number of sulfonamides is 1. The lowest BCUT2D eigenvalue weighted by molar-refractivity contribution is -0.141. The van der Waals surface area contributed by atoms with Gasteiger partial charge in [-0.05, 0) is 25.8 Å². The first-order valence-electron chi connectivity index (χ1n) is 6.33. The normalized spacial score (nSPS) is 14.9. The predicted molar refractivity (Wildman–Crippen MR) is 84.8 cm³/mol. The lowest BCUT2D eigenvalue weighted by Crippen LogP contribution is -2.32. The minimum atomic E-state index is -3.71. The second-order valence-electron chi connectivity index (χ2n) is 4.88. The van der Waals surface area contributed by atoms with E-state index in [-0.39, 0.29) is 15.3 Å². The van der Waals surface area contributed by atoms with Crippen molar-refractivity contribution in [3.63, 3.8) is 0 Å². The molecule has 1 rings (SSSR count). The smallest absolute Gasteiger partial charge is 0.306 e. The summed E-state index contributed by atoms with van der Waals surface area (Å²) in [6.45, 7) is 3.36. The third-order valence-corrected chi connectivity index (χ3v) is 6.31. The van der Waals surface area contributed by atoms with Crippen LogP contribution >= 0.6 is 34.5 Å². The van der Waals surface area contributed by atoms with E-state index in [9.17, 15) is 13.2 Å². The van der Waals surface area contributed by atoms with Gasteiger partial charge in [0.15, 0.2) is 0 Å². The third kappa shape index (κ3) is 5.75. The van der Waals surface area contributed by atoms with Crippen molar-refractivity contribution in [2.24, 2.45) is 5.92 Å². The van der Waals surface area contributed by atoms with Crippen LogP contribution < -0.4 is 4.72 Å². The van der Waals surface area contributed by atoms with Crippen LogP contribution in [-0.2, 0) is 14.8 Å². The molecule has 1 aromatic heterocycles. The highest BCUT2D eigenvalue weighted by atomic mass is 35.5. The van der Waals surface area contributed by atoms with Crippen molar-refractivity contribution in [2.75, 3.05) is 0 Å². The summed E-state index contributed by atoms with van der Waals surface area (Å²) in [6.07, 6.45) is 1.67. The predicted octanol–water partition coefficient (Wildman–Crippen LogP) is 3.61. The second-order valence-corrected chi connectivity index (χ2v) is 8.85. The Morgan fingerprint density at radius 3 is 2.48 bits per heavy atom. The van der Waals surface area contributed by atoms with Crippen LogP contribution in [0.25, 0.3) is 0 Å². The Balaban J connectivity index is 2.56. The van der Waals surface area contributed by atoms with E-state index in [0.717, 1.165) is 11.3 Å². The van der Waals surface area contributed by atoms with E-state index < -0.39 is 21.9 Å². The van der Waals surface area contributed by atoms with Gasteiger partial charge in [-0.1, -0.05) is 36.5 Å². The van der Waals surface area contributed by atoms with Gasteiger partial charge in [-0.15, -0.1) is 11.3 Å². The molecule has 0 aliphatic rings. The Hall–Kier alpha value is -0.340. The third-order valence-electron chi connectivity index (χ3n) is 2.97. The minimum absolute atomic E-state index is 0.0232. The van der Waals surface area contributed by atoms with E-state index in [4.69, 9.17) is 28.3 Å². The van der Waals surface area contributed by atoms with Crippen molar-refractivity contribution < 1.29 is 18.3 Å². The molecule has 1 aromatic rings. The first-order chi connectivity index (χ1) is 9.63. The van der Waals surface area contributed by atoms with E-state index >= 15 is 0 Å². The van der Waals surface area contributed by atoms with Gasteiger partial charge in [0, 0.05) is 6.04 Å². The molecule has 0 radical (unpaired) electrons. The molecule has 0 saturated carbocycles. The maximum absolute atomic E-state index is 12.1. The fraction of sp³-hybridized carbons (Fsp3) is 0.583. The lowest BCUT2D eigenvalue weighted by Gasteiger charge is -2.14. The lowest BCUT2D eigenvalue weighted by atomic mass is 10.0. The van der Waals surface area contributed by atoms with Gasteiger partial charge < -0.3 is 5.11 Å². The summed E-state index contributed by atoms with van der Waals surface area (Å²) in [4.78, 5) is 10.7. The number of carboxylic acid groups (broad SMARTS) is 1. The van der Waals surface area contributed by atoms with Gasteiger partial charge >= 0.3 is 5.97 Å². The summed E-state index contributed by atoms with van der Waals surface area (Å²) in [6, 6.07) is 1.00. The van der Waals surface area contributed by atoms with E-state index in [1.165, 1.54) is 6.07 Å². The van der Waals surface area contributed by atoms with Crippen molar-refractivity contribution in [3.8, 4) is 0 Å². The first-order valence-corrected chi connectivity index (χ1v) is 9.39. The van der Waals surface area contributed by atoms with Gasteiger partial charge in [0.1, 0.15) is 9.23 Å². The van der Waals surface area contributed by atoms with Gasteiger partial charge in [-0.25, -0.2) is 13.1 Å². The molecule has 0 fully saturated rings. The highest BCUT2D eigenvalue weighted by Gasteiger charge is 2.23. The van der Waals surface area contributed by atoms with Crippen molar-refractivity contribution in [2.45, 2.75) is 44.0 Å². The molecule has 0 saturated heterocycles. The Morgan fingerprint density at radius 2 is 2.00 bits per heavy atom. The minimum Gasteiger partial charge on any atom is -0.481 e. The van der Waals surface area contributed by atoms with Crippen LogP contribution in [0, 0.1) is 5.92 Å². The van der Waals surface area contributed by atoms with Crippen molar-refractivity contribution in [1.82, 2.24) is 4.72 Å². The molecule has 21 heavy (non-hydrogen) atoms. The summed E-state index contributed by atoms with van der Waals surface area (Å²) in [5, 5.41) is 8.78. The molecule has 0 aliphatic carbocycles.